The molecule has 1 N–H and O–H groups in total. The highest BCUT2D eigenvalue weighted by Crippen LogP contribution is 2.24. The molecule has 2 saturated heterocycles. The lowest BCUT2D eigenvalue weighted by Gasteiger charge is -2.35. The fourth-order valence-corrected chi connectivity index (χ4v) is 4.51. The molecule has 2 heterocycles. The summed E-state index contributed by atoms with van der Waals surface area (Å²) in [6, 6.07) is 5.50. The highest BCUT2D eigenvalue weighted by molar-refractivity contribution is 5.38. The van der Waals surface area contributed by atoms with Gasteiger partial charge in [-0.15, -0.1) is 0 Å². The van der Waals surface area contributed by atoms with Gasteiger partial charge in [0.15, 0.2) is 0 Å². The Labute approximate surface area is 159 Å². The SMILES string of the molecule is Cc1cc(CN2CCN(CCO)CC2)c(C)c(CN2CCCC[C@H]2C)c1. The van der Waals surface area contributed by atoms with Crippen molar-refractivity contribution in [3.63, 3.8) is 0 Å². The van der Waals surface area contributed by atoms with E-state index < -0.39 is 0 Å². The first-order valence-corrected chi connectivity index (χ1v) is 10.5. The van der Waals surface area contributed by atoms with Gasteiger partial charge >= 0.3 is 0 Å². The Morgan fingerprint density at radius 2 is 1.58 bits per heavy atom. The van der Waals surface area contributed by atoms with Gasteiger partial charge in [0.2, 0.25) is 0 Å². The Balaban J connectivity index is 1.65. The zero-order valence-corrected chi connectivity index (χ0v) is 17.0. The number of likely N-dealkylation sites (tertiary alicyclic amines) is 1. The van der Waals surface area contributed by atoms with Gasteiger partial charge in [-0.25, -0.2) is 0 Å². The summed E-state index contributed by atoms with van der Waals surface area (Å²) < 4.78 is 0. The van der Waals surface area contributed by atoms with Crippen LogP contribution in [0.1, 0.15) is 48.4 Å². The predicted molar refractivity (Wildman–Crippen MR) is 108 cm³/mol. The molecule has 2 fully saturated rings. The zero-order valence-electron chi connectivity index (χ0n) is 17.0. The zero-order chi connectivity index (χ0) is 18.5. The van der Waals surface area contributed by atoms with E-state index in [1.54, 1.807) is 0 Å². The molecule has 1 atom stereocenters. The first-order chi connectivity index (χ1) is 12.6. The largest absolute Gasteiger partial charge is 0.395 e. The van der Waals surface area contributed by atoms with Crippen LogP contribution in [0.25, 0.3) is 0 Å². The van der Waals surface area contributed by atoms with Gasteiger partial charge in [0.25, 0.3) is 0 Å². The normalized spacial score (nSPS) is 23.5. The molecule has 1 aromatic rings. The Kier molecular flexibility index (Phi) is 7.10. The Hall–Kier alpha value is -0.940. The second kappa shape index (κ2) is 9.32. The van der Waals surface area contributed by atoms with Gasteiger partial charge in [-0.05, 0) is 56.8 Å². The van der Waals surface area contributed by atoms with Crippen molar-refractivity contribution in [1.82, 2.24) is 14.7 Å². The maximum atomic E-state index is 9.11. The van der Waals surface area contributed by atoms with E-state index >= 15 is 0 Å². The molecule has 0 saturated carbocycles. The van der Waals surface area contributed by atoms with Crippen molar-refractivity contribution in [2.45, 2.75) is 59.2 Å². The van der Waals surface area contributed by atoms with E-state index in [0.29, 0.717) is 6.04 Å². The summed E-state index contributed by atoms with van der Waals surface area (Å²) in [6.07, 6.45) is 4.08. The maximum Gasteiger partial charge on any atom is 0.0558 e. The minimum Gasteiger partial charge on any atom is -0.395 e. The molecule has 2 aliphatic heterocycles. The number of aliphatic hydroxyl groups is 1. The smallest absolute Gasteiger partial charge is 0.0558 e. The third-order valence-corrected chi connectivity index (χ3v) is 6.36. The average molecular weight is 360 g/mol. The minimum absolute atomic E-state index is 0.273. The topological polar surface area (TPSA) is 30.0 Å². The molecule has 1 aromatic carbocycles. The molecule has 146 valence electrons. The standard InChI is InChI=1S/C22H37N3O/c1-18-14-21(16-24-10-8-23(9-11-24)12-13-26)20(3)22(15-18)17-25-7-5-4-6-19(25)2/h14-15,19,26H,4-13,16-17H2,1-3H3/t19-/m1/s1. The third-order valence-electron chi connectivity index (χ3n) is 6.36. The van der Waals surface area contributed by atoms with Crippen LogP contribution in [0.5, 0.6) is 0 Å². The molecule has 0 spiro atoms. The summed E-state index contributed by atoms with van der Waals surface area (Å²) in [7, 11) is 0. The molecule has 4 nitrogen and oxygen atoms in total. The molecule has 26 heavy (non-hydrogen) atoms. The quantitative estimate of drug-likeness (QED) is 0.846. The van der Waals surface area contributed by atoms with Crippen molar-refractivity contribution in [2.24, 2.45) is 0 Å². The molecule has 0 unspecified atom stereocenters. The fourth-order valence-electron chi connectivity index (χ4n) is 4.51. The van der Waals surface area contributed by atoms with E-state index in [-0.39, 0.29) is 6.61 Å². The summed E-state index contributed by atoms with van der Waals surface area (Å²) in [5, 5.41) is 9.11. The van der Waals surface area contributed by atoms with Crippen molar-refractivity contribution < 1.29 is 5.11 Å². The van der Waals surface area contributed by atoms with Gasteiger partial charge in [0.05, 0.1) is 6.61 Å². The van der Waals surface area contributed by atoms with Crippen LogP contribution in [0.4, 0.5) is 0 Å². The minimum atomic E-state index is 0.273. The summed E-state index contributed by atoms with van der Waals surface area (Å²) >= 11 is 0. The van der Waals surface area contributed by atoms with Crippen LogP contribution in [-0.2, 0) is 13.1 Å². The summed E-state index contributed by atoms with van der Waals surface area (Å²) in [5.74, 6) is 0. The molecule has 3 rings (SSSR count). The van der Waals surface area contributed by atoms with Crippen LogP contribution >= 0.6 is 0 Å². The number of hydrogen-bond donors (Lipinski definition) is 1. The summed E-state index contributed by atoms with van der Waals surface area (Å²) in [4.78, 5) is 7.61. The highest BCUT2D eigenvalue weighted by atomic mass is 16.3. The van der Waals surface area contributed by atoms with Gasteiger partial charge < -0.3 is 5.11 Å². The van der Waals surface area contributed by atoms with E-state index in [0.717, 1.165) is 45.8 Å². The van der Waals surface area contributed by atoms with Crippen molar-refractivity contribution in [2.75, 3.05) is 45.9 Å². The van der Waals surface area contributed by atoms with E-state index in [9.17, 15) is 0 Å². The molecule has 0 bridgehead atoms. The second-order valence-corrected chi connectivity index (χ2v) is 8.36. The van der Waals surface area contributed by atoms with Crippen molar-refractivity contribution in [3.05, 3.63) is 34.4 Å². The van der Waals surface area contributed by atoms with Crippen LogP contribution in [0, 0.1) is 13.8 Å². The molecule has 4 heteroatoms. The van der Waals surface area contributed by atoms with Gasteiger partial charge in [-0.1, -0.05) is 24.1 Å². The van der Waals surface area contributed by atoms with Crippen LogP contribution < -0.4 is 0 Å². The molecule has 0 radical (unpaired) electrons. The number of hydrogen-bond acceptors (Lipinski definition) is 4. The second-order valence-electron chi connectivity index (χ2n) is 8.36. The van der Waals surface area contributed by atoms with Gasteiger partial charge in [0.1, 0.15) is 0 Å². The molecule has 0 aliphatic carbocycles. The number of piperidine rings is 1. The third kappa shape index (κ3) is 5.07. The lowest BCUT2D eigenvalue weighted by molar-refractivity contribution is 0.108. The van der Waals surface area contributed by atoms with Gasteiger partial charge in [-0.3, -0.25) is 14.7 Å². The number of aryl methyl sites for hydroxylation is 1. The summed E-state index contributed by atoms with van der Waals surface area (Å²) in [5.41, 5.74) is 5.91. The van der Waals surface area contributed by atoms with E-state index in [4.69, 9.17) is 5.11 Å². The first-order valence-electron chi connectivity index (χ1n) is 10.5. The van der Waals surface area contributed by atoms with E-state index in [2.05, 4.69) is 47.6 Å². The highest BCUT2D eigenvalue weighted by Gasteiger charge is 2.21. The molecule has 0 aromatic heterocycles. The van der Waals surface area contributed by atoms with Crippen molar-refractivity contribution >= 4 is 0 Å². The van der Waals surface area contributed by atoms with Crippen LogP contribution in [0.15, 0.2) is 12.1 Å². The predicted octanol–water partition coefficient (Wildman–Crippen LogP) is 2.79. The molecular formula is C22H37N3O. The molecule has 2 aliphatic rings. The van der Waals surface area contributed by atoms with Crippen LogP contribution in [0.3, 0.4) is 0 Å². The number of benzene rings is 1. The van der Waals surface area contributed by atoms with E-state index in [1.807, 2.05) is 0 Å². The van der Waals surface area contributed by atoms with Gasteiger partial charge in [0, 0.05) is 51.9 Å². The lowest BCUT2D eigenvalue weighted by atomic mass is 9.96. The Morgan fingerprint density at radius 3 is 2.23 bits per heavy atom. The van der Waals surface area contributed by atoms with Crippen molar-refractivity contribution in [3.8, 4) is 0 Å². The average Bonchev–Trinajstić information content (AvgIpc) is 2.63. The van der Waals surface area contributed by atoms with Crippen LogP contribution in [0.2, 0.25) is 0 Å². The van der Waals surface area contributed by atoms with Crippen molar-refractivity contribution in [1.29, 1.82) is 0 Å². The maximum absolute atomic E-state index is 9.11. The van der Waals surface area contributed by atoms with Gasteiger partial charge in [-0.2, -0.15) is 0 Å². The molecular weight excluding hydrogens is 322 g/mol. The lowest BCUT2D eigenvalue weighted by Crippen LogP contribution is -2.46. The van der Waals surface area contributed by atoms with Crippen LogP contribution in [-0.4, -0.2) is 71.7 Å². The number of nitrogens with zero attached hydrogens (tertiary/aromatic N) is 3. The number of β-amino-alcohol motifs (C(OH)–C–C–N with tert-alkyl or cyclic N) is 1. The summed E-state index contributed by atoms with van der Waals surface area (Å²) in [6.45, 7) is 15.8. The number of piperazine rings is 1. The molecule has 0 amide bonds. The Morgan fingerprint density at radius 1 is 0.923 bits per heavy atom. The number of rotatable bonds is 6. The fraction of sp³-hybridized carbons (Fsp3) is 0.727. The Bertz CT molecular complexity index is 581. The first kappa shape index (κ1) is 19.8. The number of aliphatic hydroxyl groups excluding tert-OH is 1. The van der Waals surface area contributed by atoms with E-state index in [1.165, 1.54) is 48.1 Å². The monoisotopic (exact) mass is 359 g/mol.